The lowest BCUT2D eigenvalue weighted by atomic mass is 9.90. The topological polar surface area (TPSA) is 56.5 Å². The summed E-state index contributed by atoms with van der Waals surface area (Å²) in [7, 11) is 1.46. The van der Waals surface area contributed by atoms with E-state index in [9.17, 15) is 4.39 Å². The lowest BCUT2D eigenvalue weighted by molar-refractivity contribution is 0.141. The molecule has 19 heavy (non-hydrogen) atoms. The number of rotatable bonds is 4. The predicted molar refractivity (Wildman–Crippen MR) is 73.0 cm³/mol. The second-order valence-corrected chi connectivity index (χ2v) is 4.92. The number of hydrogen-bond acceptors (Lipinski definition) is 4. The minimum Gasteiger partial charge on any atom is -0.494 e. The molecule has 1 unspecified atom stereocenters. The number of benzene rings is 1. The molecule has 2 rings (SSSR count). The number of nitrogens with one attached hydrogen (secondary N) is 1. The largest absolute Gasteiger partial charge is 0.494 e. The zero-order chi connectivity index (χ0) is 13.7. The Balaban J connectivity index is 2.17. The number of ether oxygens (including phenoxy) is 2. The van der Waals surface area contributed by atoms with Crippen LogP contribution in [0.2, 0.25) is 0 Å². The van der Waals surface area contributed by atoms with Gasteiger partial charge in [0.1, 0.15) is 0 Å². The van der Waals surface area contributed by atoms with Crippen molar-refractivity contribution in [3.63, 3.8) is 0 Å². The van der Waals surface area contributed by atoms with Gasteiger partial charge in [0, 0.05) is 31.5 Å². The van der Waals surface area contributed by atoms with Crippen molar-refractivity contribution in [2.24, 2.45) is 5.73 Å². The first kappa shape index (κ1) is 14.1. The van der Waals surface area contributed by atoms with Gasteiger partial charge < -0.3 is 20.5 Å². The van der Waals surface area contributed by atoms with E-state index in [4.69, 9.17) is 15.2 Å². The molecule has 1 aromatic rings. The molecule has 1 atom stereocenters. The normalized spacial score (nSPS) is 23.7. The third kappa shape index (κ3) is 3.36. The summed E-state index contributed by atoms with van der Waals surface area (Å²) in [6.07, 6.45) is 2.77. The van der Waals surface area contributed by atoms with Gasteiger partial charge in [-0.25, -0.2) is 4.39 Å². The van der Waals surface area contributed by atoms with Gasteiger partial charge in [-0.15, -0.1) is 0 Å². The van der Waals surface area contributed by atoms with Crippen LogP contribution in [0, 0.1) is 5.82 Å². The molecule has 5 heteroatoms. The van der Waals surface area contributed by atoms with Crippen LogP contribution < -0.4 is 15.8 Å². The number of halogens is 1. The lowest BCUT2D eigenvalue weighted by Crippen LogP contribution is -2.45. The summed E-state index contributed by atoms with van der Waals surface area (Å²) in [5.74, 6) is -0.124. The standard InChI is InChI=1S/C14H21FN2O2/c1-18-13-9-11(3-4-12(13)15)17-14(10-16)5-2-7-19-8-6-14/h3-4,9,17H,2,5-8,10,16H2,1H3. The first-order chi connectivity index (χ1) is 9.19. The number of anilines is 1. The third-order valence-corrected chi connectivity index (χ3v) is 3.62. The summed E-state index contributed by atoms with van der Waals surface area (Å²) >= 11 is 0. The van der Waals surface area contributed by atoms with Crippen LogP contribution in [0.4, 0.5) is 10.1 Å². The summed E-state index contributed by atoms with van der Waals surface area (Å²) in [4.78, 5) is 0. The van der Waals surface area contributed by atoms with Gasteiger partial charge in [-0.1, -0.05) is 0 Å². The van der Waals surface area contributed by atoms with E-state index in [1.807, 2.05) is 0 Å². The zero-order valence-corrected chi connectivity index (χ0v) is 11.2. The zero-order valence-electron chi connectivity index (χ0n) is 11.2. The molecular weight excluding hydrogens is 247 g/mol. The van der Waals surface area contributed by atoms with E-state index in [0.717, 1.165) is 31.6 Å². The summed E-state index contributed by atoms with van der Waals surface area (Å²) in [5, 5.41) is 3.43. The van der Waals surface area contributed by atoms with Gasteiger partial charge in [0.15, 0.2) is 11.6 Å². The molecule has 0 radical (unpaired) electrons. The molecule has 0 aliphatic carbocycles. The highest BCUT2D eigenvalue weighted by Gasteiger charge is 2.29. The fourth-order valence-electron chi connectivity index (χ4n) is 2.43. The predicted octanol–water partition coefficient (Wildman–Crippen LogP) is 2.14. The van der Waals surface area contributed by atoms with E-state index in [0.29, 0.717) is 13.2 Å². The van der Waals surface area contributed by atoms with E-state index < -0.39 is 0 Å². The lowest BCUT2D eigenvalue weighted by Gasteiger charge is -2.33. The molecule has 1 aromatic carbocycles. The van der Waals surface area contributed by atoms with Crippen LogP contribution >= 0.6 is 0 Å². The highest BCUT2D eigenvalue weighted by Crippen LogP contribution is 2.28. The van der Waals surface area contributed by atoms with Crippen LogP contribution in [0.15, 0.2) is 18.2 Å². The van der Waals surface area contributed by atoms with Crippen molar-refractivity contribution in [3.05, 3.63) is 24.0 Å². The molecule has 0 amide bonds. The number of nitrogens with two attached hydrogens (primary N) is 1. The van der Waals surface area contributed by atoms with Gasteiger partial charge in [-0.2, -0.15) is 0 Å². The van der Waals surface area contributed by atoms with Crippen LogP contribution in [-0.4, -0.2) is 32.4 Å². The van der Waals surface area contributed by atoms with Crippen molar-refractivity contribution in [2.75, 3.05) is 32.2 Å². The number of hydrogen-bond donors (Lipinski definition) is 2. The molecule has 0 aromatic heterocycles. The fraction of sp³-hybridized carbons (Fsp3) is 0.571. The van der Waals surface area contributed by atoms with Crippen LogP contribution in [0.25, 0.3) is 0 Å². The van der Waals surface area contributed by atoms with Crippen LogP contribution in [0.1, 0.15) is 19.3 Å². The van der Waals surface area contributed by atoms with Gasteiger partial charge in [0.25, 0.3) is 0 Å². The quantitative estimate of drug-likeness (QED) is 0.878. The monoisotopic (exact) mass is 268 g/mol. The number of methoxy groups -OCH3 is 1. The van der Waals surface area contributed by atoms with Gasteiger partial charge in [0.05, 0.1) is 12.6 Å². The van der Waals surface area contributed by atoms with Crippen molar-refractivity contribution in [2.45, 2.75) is 24.8 Å². The minimum atomic E-state index is -0.362. The molecule has 0 spiro atoms. The molecule has 4 nitrogen and oxygen atoms in total. The Bertz CT molecular complexity index is 418. The SMILES string of the molecule is COc1cc(NC2(CN)CCCOCC2)ccc1F. The molecule has 1 aliphatic rings. The van der Waals surface area contributed by atoms with E-state index >= 15 is 0 Å². The molecule has 3 N–H and O–H groups in total. The Kier molecular flexibility index (Phi) is 4.61. The Morgan fingerprint density at radius 1 is 1.42 bits per heavy atom. The van der Waals surface area contributed by atoms with Crippen molar-refractivity contribution in [3.8, 4) is 5.75 Å². The van der Waals surface area contributed by atoms with Gasteiger partial charge in [-0.05, 0) is 31.4 Å². The molecule has 0 bridgehead atoms. The average Bonchev–Trinajstić information content (AvgIpc) is 2.67. The summed E-state index contributed by atoms with van der Waals surface area (Å²) < 4.78 is 23.9. The van der Waals surface area contributed by atoms with Gasteiger partial charge in [0.2, 0.25) is 0 Å². The molecule has 0 saturated carbocycles. The second-order valence-electron chi connectivity index (χ2n) is 4.92. The second kappa shape index (κ2) is 6.21. The summed E-state index contributed by atoms with van der Waals surface area (Å²) in [5.41, 5.74) is 6.58. The Hall–Kier alpha value is -1.33. The first-order valence-corrected chi connectivity index (χ1v) is 6.59. The summed E-state index contributed by atoms with van der Waals surface area (Å²) in [6, 6.07) is 4.78. The highest BCUT2D eigenvalue weighted by atomic mass is 19.1. The average molecular weight is 268 g/mol. The maximum absolute atomic E-state index is 13.4. The Morgan fingerprint density at radius 2 is 2.26 bits per heavy atom. The minimum absolute atomic E-state index is 0.181. The third-order valence-electron chi connectivity index (χ3n) is 3.62. The van der Waals surface area contributed by atoms with E-state index in [2.05, 4.69) is 5.32 Å². The van der Waals surface area contributed by atoms with Crippen molar-refractivity contribution in [1.29, 1.82) is 0 Å². The van der Waals surface area contributed by atoms with E-state index in [1.54, 1.807) is 12.1 Å². The molecule has 106 valence electrons. The Labute approximate surface area is 113 Å². The van der Waals surface area contributed by atoms with Crippen molar-refractivity contribution >= 4 is 5.69 Å². The molecule has 1 heterocycles. The first-order valence-electron chi connectivity index (χ1n) is 6.59. The van der Waals surface area contributed by atoms with Gasteiger partial charge in [-0.3, -0.25) is 0 Å². The van der Waals surface area contributed by atoms with E-state index in [1.165, 1.54) is 13.2 Å². The van der Waals surface area contributed by atoms with Crippen LogP contribution in [0.5, 0.6) is 5.75 Å². The maximum atomic E-state index is 13.4. The van der Waals surface area contributed by atoms with Gasteiger partial charge >= 0.3 is 0 Å². The molecular formula is C14H21FN2O2. The molecule has 1 saturated heterocycles. The van der Waals surface area contributed by atoms with Crippen LogP contribution in [-0.2, 0) is 4.74 Å². The molecule has 1 fully saturated rings. The molecule has 1 aliphatic heterocycles. The Morgan fingerprint density at radius 3 is 3.00 bits per heavy atom. The van der Waals surface area contributed by atoms with Crippen LogP contribution in [0.3, 0.4) is 0 Å². The summed E-state index contributed by atoms with van der Waals surface area (Å²) in [6.45, 7) is 1.99. The smallest absolute Gasteiger partial charge is 0.165 e. The highest BCUT2D eigenvalue weighted by molar-refractivity contribution is 5.50. The fourth-order valence-corrected chi connectivity index (χ4v) is 2.43. The van der Waals surface area contributed by atoms with Crippen molar-refractivity contribution < 1.29 is 13.9 Å². The maximum Gasteiger partial charge on any atom is 0.165 e. The van der Waals surface area contributed by atoms with E-state index in [-0.39, 0.29) is 17.1 Å². The van der Waals surface area contributed by atoms with Crippen molar-refractivity contribution in [1.82, 2.24) is 0 Å².